The summed E-state index contributed by atoms with van der Waals surface area (Å²) in [6, 6.07) is 16.8. The summed E-state index contributed by atoms with van der Waals surface area (Å²) in [4.78, 5) is 16.2. The molecule has 3 aromatic carbocycles. The number of benzene rings is 3. The maximum absolute atomic E-state index is 13.7. The van der Waals surface area contributed by atoms with Gasteiger partial charge in [0.25, 0.3) is 0 Å². The second-order valence-corrected chi connectivity index (χ2v) is 10.4. The largest absolute Gasteiger partial charge is 0.495 e. The second-order valence-electron chi connectivity index (χ2n) is 8.62. The van der Waals surface area contributed by atoms with Crippen LogP contribution in [-0.2, 0) is 11.2 Å². The van der Waals surface area contributed by atoms with Crippen LogP contribution in [0.1, 0.15) is 41.0 Å². The maximum atomic E-state index is 13.7. The van der Waals surface area contributed by atoms with Gasteiger partial charge in [0.05, 0.1) is 34.6 Å². The lowest BCUT2D eigenvalue weighted by Crippen LogP contribution is -2.23. The number of rotatable bonds is 8. The van der Waals surface area contributed by atoms with Crippen LogP contribution >= 0.6 is 35.0 Å². The van der Waals surface area contributed by atoms with E-state index in [1.165, 1.54) is 23.9 Å². The van der Waals surface area contributed by atoms with Crippen molar-refractivity contribution >= 4 is 40.9 Å². The van der Waals surface area contributed by atoms with Gasteiger partial charge in [0.1, 0.15) is 11.6 Å². The van der Waals surface area contributed by atoms with Crippen LogP contribution < -0.4 is 4.74 Å². The molecule has 4 rings (SSSR count). The van der Waals surface area contributed by atoms with Crippen molar-refractivity contribution in [2.24, 2.45) is 0 Å². The highest BCUT2D eigenvalue weighted by molar-refractivity contribution is 7.98. The predicted octanol–water partition coefficient (Wildman–Crippen LogP) is 7.64. The van der Waals surface area contributed by atoms with E-state index in [4.69, 9.17) is 27.9 Å². The van der Waals surface area contributed by atoms with Gasteiger partial charge in [0, 0.05) is 16.9 Å². The number of hydrogen-bond acceptors (Lipinski definition) is 4. The molecule has 0 unspecified atom stereocenters. The first kappa shape index (κ1) is 26.1. The number of hydrogen-bond donors (Lipinski definition) is 1. The van der Waals surface area contributed by atoms with Crippen molar-refractivity contribution in [1.29, 1.82) is 0 Å². The maximum Gasteiger partial charge on any atom is 0.337 e. The van der Waals surface area contributed by atoms with E-state index in [-0.39, 0.29) is 16.4 Å². The SMILES string of the molecule is COc1ccc(C(C)(C)c2cnc(SCc3ccc(Cl)c(C(=O)O)c3)n2-c2ccc(F)cc2)cc1Cl. The average molecular weight is 545 g/mol. The lowest BCUT2D eigenvalue weighted by molar-refractivity contribution is 0.0697. The zero-order chi connectivity index (χ0) is 26.0. The van der Waals surface area contributed by atoms with Crippen molar-refractivity contribution in [3.05, 3.63) is 105 Å². The molecule has 0 aliphatic carbocycles. The minimum absolute atomic E-state index is 0.0508. The van der Waals surface area contributed by atoms with Crippen LogP contribution in [0.25, 0.3) is 5.69 Å². The van der Waals surface area contributed by atoms with Crippen LogP contribution in [0.3, 0.4) is 0 Å². The van der Waals surface area contributed by atoms with Crippen molar-refractivity contribution in [2.45, 2.75) is 30.2 Å². The number of nitrogens with zero attached hydrogens (tertiary/aromatic N) is 2. The number of imidazole rings is 1. The molecule has 36 heavy (non-hydrogen) atoms. The first-order valence-electron chi connectivity index (χ1n) is 10.9. The summed E-state index contributed by atoms with van der Waals surface area (Å²) >= 11 is 13.9. The number of carboxylic acids is 1. The lowest BCUT2D eigenvalue weighted by atomic mass is 9.81. The minimum Gasteiger partial charge on any atom is -0.495 e. The molecular formula is C27H23Cl2FN2O3S. The van der Waals surface area contributed by atoms with Crippen molar-refractivity contribution < 1.29 is 19.0 Å². The van der Waals surface area contributed by atoms with E-state index in [1.807, 2.05) is 22.8 Å². The molecule has 1 heterocycles. The van der Waals surface area contributed by atoms with Gasteiger partial charge in [0.15, 0.2) is 5.16 Å². The highest BCUT2D eigenvalue weighted by Gasteiger charge is 2.30. The molecule has 0 amide bonds. The number of ether oxygens (including phenoxy) is 1. The summed E-state index contributed by atoms with van der Waals surface area (Å²) in [5, 5.41) is 10.8. The first-order valence-corrected chi connectivity index (χ1v) is 12.7. The Kier molecular flexibility index (Phi) is 7.64. The number of thioether (sulfide) groups is 1. The first-order chi connectivity index (χ1) is 17.1. The number of carboxylic acid groups (broad SMARTS) is 1. The Labute approximate surface area is 222 Å². The minimum atomic E-state index is -1.08. The van der Waals surface area contributed by atoms with E-state index < -0.39 is 11.4 Å². The van der Waals surface area contributed by atoms with E-state index in [2.05, 4.69) is 18.8 Å². The number of methoxy groups -OCH3 is 1. The molecule has 0 aliphatic heterocycles. The van der Waals surface area contributed by atoms with Crippen LogP contribution in [0, 0.1) is 5.82 Å². The lowest BCUT2D eigenvalue weighted by Gasteiger charge is -2.28. The highest BCUT2D eigenvalue weighted by Crippen LogP contribution is 2.39. The van der Waals surface area contributed by atoms with Crippen LogP contribution in [0.2, 0.25) is 10.0 Å². The van der Waals surface area contributed by atoms with Crippen molar-refractivity contribution in [3.8, 4) is 11.4 Å². The summed E-state index contributed by atoms with van der Waals surface area (Å²) in [6.07, 6.45) is 1.80. The second kappa shape index (κ2) is 10.5. The van der Waals surface area contributed by atoms with Crippen LogP contribution in [0.5, 0.6) is 5.75 Å². The molecule has 0 fully saturated rings. The van der Waals surface area contributed by atoms with Crippen molar-refractivity contribution in [3.63, 3.8) is 0 Å². The molecule has 4 aromatic rings. The molecule has 0 atom stereocenters. The molecule has 186 valence electrons. The standard InChI is InChI=1S/C27H23Cl2FN2O3S/c1-27(2,17-5-11-23(35-3)22(29)13-17)24-14-31-26(32(24)19-8-6-18(30)7-9-19)36-15-16-4-10-21(28)20(12-16)25(33)34/h4-14H,15H2,1-3H3,(H,33,34). The normalized spacial score (nSPS) is 11.5. The Hall–Kier alpha value is -3.00. The van der Waals surface area contributed by atoms with Gasteiger partial charge in [-0.05, 0) is 59.7 Å². The average Bonchev–Trinajstić information content (AvgIpc) is 3.28. The molecule has 1 aromatic heterocycles. The molecule has 9 heteroatoms. The Morgan fingerprint density at radius 2 is 1.81 bits per heavy atom. The molecular weight excluding hydrogens is 522 g/mol. The monoisotopic (exact) mass is 544 g/mol. The Morgan fingerprint density at radius 3 is 2.44 bits per heavy atom. The third-order valence-corrected chi connectivity index (χ3v) is 7.61. The van der Waals surface area contributed by atoms with Gasteiger partial charge in [-0.1, -0.05) is 60.9 Å². The van der Waals surface area contributed by atoms with E-state index >= 15 is 0 Å². The van der Waals surface area contributed by atoms with Gasteiger partial charge < -0.3 is 9.84 Å². The zero-order valence-corrected chi connectivity index (χ0v) is 22.1. The molecule has 0 aliphatic rings. The van der Waals surface area contributed by atoms with Gasteiger partial charge in [-0.15, -0.1) is 0 Å². The quantitative estimate of drug-likeness (QED) is 0.231. The van der Waals surface area contributed by atoms with Gasteiger partial charge in [-0.2, -0.15) is 0 Å². The number of aromatic nitrogens is 2. The Morgan fingerprint density at radius 1 is 1.08 bits per heavy atom. The number of carbonyl (C=O) groups is 1. The number of halogens is 3. The smallest absolute Gasteiger partial charge is 0.337 e. The molecule has 5 nitrogen and oxygen atoms in total. The molecule has 0 spiro atoms. The summed E-state index contributed by atoms with van der Waals surface area (Å²) in [5.41, 5.74) is 2.90. The van der Waals surface area contributed by atoms with E-state index in [9.17, 15) is 14.3 Å². The summed E-state index contributed by atoms with van der Waals surface area (Å²) in [5.74, 6) is -0.368. The van der Waals surface area contributed by atoms with Gasteiger partial charge in [-0.25, -0.2) is 14.2 Å². The highest BCUT2D eigenvalue weighted by atomic mass is 35.5. The fourth-order valence-corrected chi connectivity index (χ4v) is 5.29. The van der Waals surface area contributed by atoms with Gasteiger partial charge >= 0.3 is 5.97 Å². The van der Waals surface area contributed by atoms with Crippen LogP contribution in [0.15, 0.2) is 72.0 Å². The Balaban J connectivity index is 1.75. The fraction of sp³-hybridized carbons (Fsp3) is 0.185. The molecule has 0 radical (unpaired) electrons. The van der Waals surface area contributed by atoms with Gasteiger partial charge in [-0.3, -0.25) is 4.57 Å². The predicted molar refractivity (Wildman–Crippen MR) is 142 cm³/mol. The van der Waals surface area contributed by atoms with Crippen LogP contribution in [-0.4, -0.2) is 27.7 Å². The Bertz CT molecular complexity index is 1420. The molecule has 0 saturated heterocycles. The van der Waals surface area contributed by atoms with E-state index in [1.54, 1.807) is 43.6 Å². The summed E-state index contributed by atoms with van der Waals surface area (Å²) in [6.45, 7) is 4.13. The third-order valence-electron chi connectivity index (χ3n) is 5.96. The van der Waals surface area contributed by atoms with Gasteiger partial charge in [0.2, 0.25) is 0 Å². The molecule has 0 saturated carbocycles. The van der Waals surface area contributed by atoms with E-state index in [0.717, 1.165) is 22.5 Å². The van der Waals surface area contributed by atoms with Crippen molar-refractivity contribution in [1.82, 2.24) is 9.55 Å². The summed E-state index contributed by atoms with van der Waals surface area (Å²) in [7, 11) is 1.57. The van der Waals surface area contributed by atoms with Crippen LogP contribution in [0.4, 0.5) is 4.39 Å². The topological polar surface area (TPSA) is 64.3 Å². The van der Waals surface area contributed by atoms with Crippen molar-refractivity contribution in [2.75, 3.05) is 7.11 Å². The third kappa shape index (κ3) is 5.24. The molecule has 0 bridgehead atoms. The molecule has 1 N–H and O–H groups in total. The number of aromatic carboxylic acids is 1. The zero-order valence-electron chi connectivity index (χ0n) is 19.8. The fourth-order valence-electron chi connectivity index (χ4n) is 3.89. The van der Waals surface area contributed by atoms with E-state index in [0.29, 0.717) is 21.7 Å². The summed E-state index contributed by atoms with van der Waals surface area (Å²) < 4.78 is 21.0.